The predicted molar refractivity (Wildman–Crippen MR) is 54.2 cm³/mol. The van der Waals surface area contributed by atoms with Crippen LogP contribution in [0.4, 0.5) is 32.0 Å². The van der Waals surface area contributed by atoms with Gasteiger partial charge in [0, 0.05) is 6.20 Å². The molecule has 0 spiro atoms. The number of aliphatic carboxylic acids is 1. The third kappa shape index (κ3) is 4.65. The van der Waals surface area contributed by atoms with Gasteiger partial charge in [-0.05, 0) is 0 Å². The van der Waals surface area contributed by atoms with E-state index in [1.165, 1.54) is 0 Å². The van der Waals surface area contributed by atoms with E-state index in [4.69, 9.17) is 5.11 Å². The second-order valence-electron chi connectivity index (χ2n) is 3.75. The van der Waals surface area contributed by atoms with Crippen LogP contribution in [0.1, 0.15) is 12.1 Å². The Hall–Kier alpha value is -2.27. The van der Waals surface area contributed by atoms with Crippen LogP contribution in [0.2, 0.25) is 0 Å². The van der Waals surface area contributed by atoms with Crippen LogP contribution in [0.5, 0.6) is 0 Å². The molecule has 0 saturated carbocycles. The molecule has 0 aliphatic rings. The SMILES string of the molecule is O=C(O)CCn1cc(NC(=O)C(F)(F)F)c(C(F)(F)F)n1. The first-order valence-corrected chi connectivity index (χ1v) is 5.16. The summed E-state index contributed by atoms with van der Waals surface area (Å²) >= 11 is 0. The van der Waals surface area contributed by atoms with Crippen molar-refractivity contribution in [2.24, 2.45) is 0 Å². The zero-order valence-corrected chi connectivity index (χ0v) is 9.92. The van der Waals surface area contributed by atoms with Crippen molar-refractivity contribution in [2.45, 2.75) is 25.3 Å². The maximum atomic E-state index is 12.6. The number of aromatic nitrogens is 2. The van der Waals surface area contributed by atoms with E-state index in [0.29, 0.717) is 10.9 Å². The molecule has 1 aromatic rings. The fourth-order valence-corrected chi connectivity index (χ4v) is 1.24. The quantitative estimate of drug-likeness (QED) is 0.830. The monoisotopic (exact) mass is 319 g/mol. The lowest BCUT2D eigenvalue weighted by molar-refractivity contribution is -0.167. The van der Waals surface area contributed by atoms with Crippen molar-refractivity contribution in [2.75, 3.05) is 5.32 Å². The molecule has 0 bridgehead atoms. The Bertz CT molecular complexity index is 548. The van der Waals surface area contributed by atoms with E-state index in [9.17, 15) is 35.9 Å². The molecular weight excluding hydrogens is 312 g/mol. The lowest BCUT2D eigenvalue weighted by atomic mass is 10.3. The van der Waals surface area contributed by atoms with Crippen LogP contribution in [-0.4, -0.2) is 32.9 Å². The van der Waals surface area contributed by atoms with Gasteiger partial charge in [0.1, 0.15) is 0 Å². The molecular formula is C9H7F6N3O3. The van der Waals surface area contributed by atoms with Crippen molar-refractivity contribution in [3.63, 3.8) is 0 Å². The van der Waals surface area contributed by atoms with Gasteiger partial charge in [-0.3, -0.25) is 14.3 Å². The summed E-state index contributed by atoms with van der Waals surface area (Å²) in [4.78, 5) is 20.9. The average molecular weight is 319 g/mol. The van der Waals surface area contributed by atoms with Crippen LogP contribution in [-0.2, 0) is 22.3 Å². The predicted octanol–water partition coefficient (Wildman–Crippen LogP) is 1.88. The Morgan fingerprint density at radius 3 is 2.24 bits per heavy atom. The molecule has 21 heavy (non-hydrogen) atoms. The molecule has 0 aliphatic heterocycles. The Morgan fingerprint density at radius 1 is 1.24 bits per heavy atom. The number of amides is 1. The van der Waals surface area contributed by atoms with Crippen molar-refractivity contribution in [1.82, 2.24) is 9.78 Å². The van der Waals surface area contributed by atoms with Crippen molar-refractivity contribution < 1.29 is 41.0 Å². The number of carboxylic acid groups (broad SMARTS) is 1. The number of carbonyl (C=O) groups excluding carboxylic acids is 1. The lowest BCUT2D eigenvalue weighted by Crippen LogP contribution is -2.30. The Morgan fingerprint density at radius 2 is 1.81 bits per heavy atom. The minimum absolute atomic E-state index is 0.482. The van der Waals surface area contributed by atoms with Crippen molar-refractivity contribution in [3.8, 4) is 0 Å². The lowest BCUT2D eigenvalue weighted by Gasteiger charge is -2.09. The summed E-state index contributed by atoms with van der Waals surface area (Å²) in [6.07, 6.45) is -10.6. The van der Waals surface area contributed by atoms with Crippen LogP contribution < -0.4 is 5.32 Å². The number of aryl methyl sites for hydroxylation is 1. The minimum atomic E-state index is -5.37. The van der Waals surface area contributed by atoms with Gasteiger partial charge in [-0.2, -0.15) is 31.4 Å². The summed E-state index contributed by atoms with van der Waals surface area (Å²) in [5.74, 6) is -3.93. The van der Waals surface area contributed by atoms with Gasteiger partial charge in [0.15, 0.2) is 5.69 Å². The molecule has 1 amide bonds. The van der Waals surface area contributed by atoms with E-state index < -0.39 is 48.6 Å². The van der Waals surface area contributed by atoms with Crippen LogP contribution in [0.15, 0.2) is 6.20 Å². The number of alkyl halides is 6. The number of nitrogens with one attached hydrogen (secondary N) is 1. The van der Waals surface area contributed by atoms with E-state index in [1.54, 1.807) is 0 Å². The number of rotatable bonds is 4. The van der Waals surface area contributed by atoms with Crippen LogP contribution in [0, 0.1) is 0 Å². The molecule has 0 saturated heterocycles. The van der Waals surface area contributed by atoms with E-state index in [0.717, 1.165) is 5.32 Å². The van der Waals surface area contributed by atoms with Gasteiger partial charge in [0.05, 0.1) is 18.7 Å². The number of carboxylic acids is 1. The van der Waals surface area contributed by atoms with Crippen LogP contribution in [0.3, 0.4) is 0 Å². The molecule has 1 heterocycles. The van der Waals surface area contributed by atoms with E-state index >= 15 is 0 Å². The highest BCUT2D eigenvalue weighted by molar-refractivity contribution is 5.95. The van der Waals surface area contributed by atoms with Gasteiger partial charge in [-0.1, -0.05) is 0 Å². The van der Waals surface area contributed by atoms with Crippen molar-refractivity contribution >= 4 is 17.6 Å². The largest absolute Gasteiger partial charge is 0.481 e. The Kier molecular flexibility index (Phi) is 4.49. The number of carbonyl (C=O) groups is 2. The summed E-state index contributed by atoms with van der Waals surface area (Å²) in [6.45, 7) is -0.500. The molecule has 1 rings (SSSR count). The standard InChI is InChI=1S/C9H7F6N3O3/c10-8(11,12)6-4(16-7(21)9(13,14)15)3-18(17-6)2-1-5(19)20/h3H,1-2H2,(H,16,21)(H,19,20). The summed E-state index contributed by atoms with van der Waals surface area (Å²) in [7, 11) is 0. The topological polar surface area (TPSA) is 84.2 Å². The van der Waals surface area contributed by atoms with E-state index in [1.807, 2.05) is 0 Å². The second-order valence-corrected chi connectivity index (χ2v) is 3.75. The van der Waals surface area contributed by atoms with E-state index in [2.05, 4.69) is 5.10 Å². The highest BCUT2D eigenvalue weighted by Gasteiger charge is 2.42. The number of halogens is 6. The first kappa shape index (κ1) is 16.8. The number of anilines is 1. The summed E-state index contributed by atoms with van der Waals surface area (Å²) in [5, 5.41) is 12.4. The fraction of sp³-hybridized carbons (Fsp3) is 0.444. The molecule has 2 N–H and O–H groups in total. The maximum absolute atomic E-state index is 12.6. The zero-order valence-electron chi connectivity index (χ0n) is 9.92. The highest BCUT2D eigenvalue weighted by atomic mass is 19.4. The minimum Gasteiger partial charge on any atom is -0.481 e. The molecule has 0 radical (unpaired) electrons. The van der Waals surface area contributed by atoms with Crippen LogP contribution in [0.25, 0.3) is 0 Å². The number of hydrogen-bond donors (Lipinski definition) is 2. The zero-order chi connectivity index (χ0) is 16.4. The molecule has 1 aromatic heterocycles. The molecule has 0 unspecified atom stereocenters. The van der Waals surface area contributed by atoms with E-state index in [-0.39, 0.29) is 0 Å². The van der Waals surface area contributed by atoms with Gasteiger partial charge in [-0.25, -0.2) is 0 Å². The van der Waals surface area contributed by atoms with Gasteiger partial charge in [0.25, 0.3) is 0 Å². The smallest absolute Gasteiger partial charge is 0.471 e. The first-order chi connectivity index (χ1) is 9.41. The van der Waals surface area contributed by atoms with Crippen molar-refractivity contribution in [1.29, 1.82) is 0 Å². The molecule has 118 valence electrons. The third-order valence-corrected chi connectivity index (χ3v) is 2.09. The van der Waals surface area contributed by atoms with Gasteiger partial charge < -0.3 is 10.4 Å². The Balaban J connectivity index is 3.05. The summed E-state index contributed by atoms with van der Waals surface area (Å²) in [6, 6.07) is 0. The number of hydrogen-bond acceptors (Lipinski definition) is 3. The number of nitrogens with zero attached hydrogens (tertiary/aromatic N) is 2. The summed E-state index contributed by atoms with van der Waals surface area (Å²) in [5.41, 5.74) is -2.94. The molecule has 12 heteroatoms. The molecule has 0 aliphatic carbocycles. The Labute approximate surface area is 112 Å². The molecule has 0 atom stereocenters. The summed E-state index contributed by atoms with van der Waals surface area (Å²) < 4.78 is 74.3. The fourth-order valence-electron chi connectivity index (χ4n) is 1.24. The molecule has 6 nitrogen and oxygen atoms in total. The molecule has 0 aromatic carbocycles. The van der Waals surface area contributed by atoms with Gasteiger partial charge in [-0.15, -0.1) is 0 Å². The average Bonchev–Trinajstić information content (AvgIpc) is 2.68. The van der Waals surface area contributed by atoms with Crippen molar-refractivity contribution in [3.05, 3.63) is 11.9 Å². The van der Waals surface area contributed by atoms with Crippen LogP contribution >= 0.6 is 0 Å². The highest BCUT2D eigenvalue weighted by Crippen LogP contribution is 2.34. The maximum Gasteiger partial charge on any atom is 0.471 e. The van der Waals surface area contributed by atoms with Gasteiger partial charge >= 0.3 is 24.2 Å². The third-order valence-electron chi connectivity index (χ3n) is 2.09. The first-order valence-electron chi connectivity index (χ1n) is 5.16. The second kappa shape index (κ2) is 5.61. The molecule has 0 fully saturated rings. The normalized spacial score (nSPS) is 12.3. The van der Waals surface area contributed by atoms with Gasteiger partial charge in [0.2, 0.25) is 0 Å².